The topological polar surface area (TPSA) is 12.0 Å². The monoisotopic (exact) mass is 424 g/mol. The second-order valence-corrected chi connectivity index (χ2v) is 9.51. The molecule has 0 aliphatic carbocycles. The smallest absolute Gasteiger partial charge is 0.248 e. The molecule has 3 rings (SSSR count). The van der Waals surface area contributed by atoms with E-state index in [1.54, 1.807) is 0 Å². The first kappa shape index (κ1) is 23.9. The maximum atomic E-state index is 2.52. The Kier molecular flexibility index (Phi) is 11.0. The van der Waals surface area contributed by atoms with Gasteiger partial charge < -0.3 is 4.90 Å². The Morgan fingerprint density at radius 1 is 0.677 bits per heavy atom. The lowest BCUT2D eigenvalue weighted by Gasteiger charge is -2.28. The number of aryl methyl sites for hydroxylation is 1. The largest absolute Gasteiger partial charge is 0.372 e. The number of anilines is 1. The van der Waals surface area contributed by atoms with Gasteiger partial charge in [0, 0.05) is 18.8 Å². The molecular formula is C28H46N3+. The minimum Gasteiger partial charge on any atom is -0.372 e. The molecule has 1 fully saturated rings. The summed E-state index contributed by atoms with van der Waals surface area (Å²) in [5.41, 5.74) is 2.63. The molecular weight excluding hydrogens is 378 g/mol. The summed E-state index contributed by atoms with van der Waals surface area (Å²) >= 11 is 0. The van der Waals surface area contributed by atoms with Gasteiger partial charge in [-0.15, -0.1) is 0 Å². The van der Waals surface area contributed by atoms with Crippen molar-refractivity contribution in [3.63, 3.8) is 0 Å². The molecule has 0 radical (unpaired) electrons. The number of piperidine rings is 1. The molecule has 3 heteroatoms. The van der Waals surface area contributed by atoms with E-state index in [1.807, 2.05) is 0 Å². The molecule has 0 spiro atoms. The van der Waals surface area contributed by atoms with E-state index in [0.29, 0.717) is 0 Å². The van der Waals surface area contributed by atoms with Crippen LogP contribution in [0.1, 0.15) is 103 Å². The molecule has 3 nitrogen and oxygen atoms in total. The van der Waals surface area contributed by atoms with Gasteiger partial charge in [0.1, 0.15) is 18.1 Å². The van der Waals surface area contributed by atoms with Gasteiger partial charge in [0.15, 0.2) is 0 Å². The molecule has 1 saturated heterocycles. The lowest BCUT2D eigenvalue weighted by atomic mass is 10.1. The van der Waals surface area contributed by atoms with Crippen molar-refractivity contribution in [2.75, 3.05) is 18.0 Å². The van der Waals surface area contributed by atoms with Gasteiger partial charge in [0.05, 0.1) is 6.54 Å². The second-order valence-electron chi connectivity index (χ2n) is 9.51. The van der Waals surface area contributed by atoms with Crippen LogP contribution in [0.4, 0.5) is 5.69 Å². The molecule has 0 atom stereocenters. The van der Waals surface area contributed by atoms with E-state index in [4.69, 9.17) is 0 Å². The van der Waals surface area contributed by atoms with Crippen LogP contribution in [0, 0.1) is 0 Å². The van der Waals surface area contributed by atoms with Crippen LogP contribution in [0.2, 0.25) is 0 Å². The highest BCUT2D eigenvalue weighted by molar-refractivity contribution is 5.51. The van der Waals surface area contributed by atoms with E-state index in [9.17, 15) is 0 Å². The Hall–Kier alpha value is -1.77. The molecule has 31 heavy (non-hydrogen) atoms. The maximum absolute atomic E-state index is 2.52. The Labute approximate surface area is 191 Å². The van der Waals surface area contributed by atoms with Gasteiger partial charge in [-0.05, 0) is 56.4 Å². The van der Waals surface area contributed by atoms with Gasteiger partial charge in [-0.25, -0.2) is 9.13 Å². The van der Waals surface area contributed by atoms with Gasteiger partial charge in [-0.3, -0.25) is 0 Å². The maximum Gasteiger partial charge on any atom is 0.248 e. The highest BCUT2D eigenvalue weighted by atomic mass is 15.1. The summed E-state index contributed by atoms with van der Waals surface area (Å²) in [6.45, 7) is 5.85. The van der Waals surface area contributed by atoms with Crippen LogP contribution < -0.4 is 9.47 Å². The normalized spacial score (nSPS) is 14.3. The summed E-state index contributed by atoms with van der Waals surface area (Å²) < 4.78 is 4.59. The predicted octanol–water partition coefficient (Wildman–Crippen LogP) is 7.46. The van der Waals surface area contributed by atoms with Crippen molar-refractivity contribution in [3.8, 4) is 5.69 Å². The molecule has 0 N–H and O–H groups in total. The summed E-state index contributed by atoms with van der Waals surface area (Å²) in [4.78, 5) is 2.52. The molecule has 1 aliphatic rings. The van der Waals surface area contributed by atoms with Crippen LogP contribution in [0.5, 0.6) is 0 Å². The van der Waals surface area contributed by atoms with E-state index >= 15 is 0 Å². The molecule has 0 amide bonds. The summed E-state index contributed by atoms with van der Waals surface area (Å²) in [6, 6.07) is 9.10. The number of nitrogens with zero attached hydrogens (tertiary/aromatic N) is 3. The first-order chi connectivity index (χ1) is 15.4. The van der Waals surface area contributed by atoms with Gasteiger partial charge in [0.2, 0.25) is 6.33 Å². The molecule has 1 aliphatic heterocycles. The lowest BCUT2D eigenvalue weighted by Crippen LogP contribution is -2.30. The van der Waals surface area contributed by atoms with Crippen LogP contribution in [0.15, 0.2) is 43.0 Å². The third-order valence-corrected chi connectivity index (χ3v) is 6.83. The van der Waals surface area contributed by atoms with E-state index in [1.165, 1.54) is 121 Å². The molecule has 2 heterocycles. The van der Waals surface area contributed by atoms with Gasteiger partial charge in [-0.1, -0.05) is 71.1 Å². The predicted molar refractivity (Wildman–Crippen MR) is 133 cm³/mol. The SMILES string of the molecule is CCCCCCCCCCCCCC[n+]1ccn(-c2ccc(N3CCCCC3)cc2)c1. The zero-order valence-corrected chi connectivity index (χ0v) is 20.1. The zero-order valence-electron chi connectivity index (χ0n) is 20.1. The standard InChI is InChI=1S/C28H46N3/c1-2-3-4-5-6-7-8-9-10-11-12-14-21-29-24-25-31(26-29)28-19-17-27(18-20-28)30-22-15-13-16-23-30/h17-20,24-26H,2-16,21-23H2,1H3/q+1. The van der Waals surface area contributed by atoms with Gasteiger partial charge in [-0.2, -0.15) is 0 Å². The summed E-state index contributed by atoms with van der Waals surface area (Å²) in [5, 5.41) is 0. The molecule has 1 aromatic heterocycles. The number of hydrogen-bond donors (Lipinski definition) is 0. The van der Waals surface area contributed by atoms with Crippen molar-refractivity contribution in [3.05, 3.63) is 43.0 Å². The van der Waals surface area contributed by atoms with E-state index in [0.717, 1.165) is 6.54 Å². The first-order valence-electron chi connectivity index (χ1n) is 13.3. The molecule has 0 saturated carbocycles. The first-order valence-corrected chi connectivity index (χ1v) is 13.3. The highest BCUT2D eigenvalue weighted by Gasteiger charge is 2.12. The number of imidazole rings is 1. The van der Waals surface area contributed by atoms with Crippen molar-refractivity contribution in [2.45, 2.75) is 110 Å². The molecule has 1 aromatic carbocycles. The highest BCUT2D eigenvalue weighted by Crippen LogP contribution is 2.21. The Morgan fingerprint density at radius 3 is 1.84 bits per heavy atom. The van der Waals surface area contributed by atoms with Crippen LogP contribution in [-0.4, -0.2) is 17.7 Å². The van der Waals surface area contributed by atoms with Crippen LogP contribution in [0.25, 0.3) is 5.69 Å². The minimum atomic E-state index is 1.14. The Morgan fingerprint density at radius 2 is 1.23 bits per heavy atom. The Bertz CT molecular complexity index is 697. The fourth-order valence-electron chi connectivity index (χ4n) is 4.80. The summed E-state index contributed by atoms with van der Waals surface area (Å²) in [7, 11) is 0. The summed E-state index contributed by atoms with van der Waals surface area (Å²) in [5.74, 6) is 0. The van der Waals surface area contributed by atoms with Crippen molar-refractivity contribution in [1.29, 1.82) is 0 Å². The average Bonchev–Trinajstić information content (AvgIpc) is 3.29. The van der Waals surface area contributed by atoms with Crippen molar-refractivity contribution < 1.29 is 4.57 Å². The Balaban J connectivity index is 1.26. The quantitative estimate of drug-likeness (QED) is 0.213. The molecule has 0 unspecified atom stereocenters. The van der Waals surface area contributed by atoms with Gasteiger partial charge in [0.25, 0.3) is 0 Å². The number of aromatic nitrogens is 2. The van der Waals surface area contributed by atoms with Gasteiger partial charge >= 0.3 is 0 Å². The molecule has 172 valence electrons. The number of benzene rings is 1. The van der Waals surface area contributed by atoms with E-state index < -0.39 is 0 Å². The van der Waals surface area contributed by atoms with Crippen LogP contribution in [-0.2, 0) is 6.54 Å². The molecule has 0 bridgehead atoms. The van der Waals surface area contributed by atoms with E-state index in [2.05, 4.69) is 63.9 Å². The third-order valence-electron chi connectivity index (χ3n) is 6.83. The van der Waals surface area contributed by atoms with Crippen molar-refractivity contribution >= 4 is 5.69 Å². The van der Waals surface area contributed by atoms with E-state index in [-0.39, 0.29) is 0 Å². The zero-order chi connectivity index (χ0) is 21.6. The van der Waals surface area contributed by atoms with Crippen LogP contribution in [0.3, 0.4) is 0 Å². The van der Waals surface area contributed by atoms with Crippen LogP contribution >= 0.6 is 0 Å². The fourth-order valence-corrected chi connectivity index (χ4v) is 4.80. The fraction of sp³-hybridized carbons (Fsp3) is 0.679. The van der Waals surface area contributed by atoms with Crippen molar-refractivity contribution in [2.24, 2.45) is 0 Å². The number of unbranched alkanes of at least 4 members (excludes halogenated alkanes) is 11. The number of hydrogen-bond acceptors (Lipinski definition) is 1. The summed E-state index contributed by atoms with van der Waals surface area (Å²) in [6.07, 6.45) is 27.6. The second kappa shape index (κ2) is 14.3. The van der Waals surface area contributed by atoms with Crippen molar-refractivity contribution in [1.82, 2.24) is 4.57 Å². The molecule has 2 aromatic rings. The lowest BCUT2D eigenvalue weighted by molar-refractivity contribution is -0.696. The third kappa shape index (κ3) is 8.71. The number of rotatable bonds is 15. The minimum absolute atomic E-state index is 1.14. The average molecular weight is 425 g/mol.